The first kappa shape index (κ1) is 21.1. The van der Waals surface area contributed by atoms with Crippen molar-refractivity contribution >= 4 is 50.5 Å². The first-order valence-corrected chi connectivity index (χ1v) is 10.2. The standard InChI is InChI=1S/C17H18Cl2N2O5S/c1-25-14-8-7-11(9-15(14)26-2)21(27(3,23)24)10-16(22)20-13-6-4-5-12(18)17(13)19/h4-9H,10H2,1-3H3,(H,20,22). The summed E-state index contributed by atoms with van der Waals surface area (Å²) in [6.45, 7) is -0.461. The van der Waals surface area contributed by atoms with Crippen molar-refractivity contribution in [3.05, 3.63) is 46.4 Å². The molecule has 10 heteroatoms. The number of halogens is 2. The van der Waals surface area contributed by atoms with E-state index in [2.05, 4.69) is 5.32 Å². The number of carbonyl (C=O) groups is 1. The molecule has 0 bridgehead atoms. The second-order valence-corrected chi connectivity index (χ2v) is 8.15. The van der Waals surface area contributed by atoms with E-state index < -0.39 is 22.5 Å². The van der Waals surface area contributed by atoms with Gasteiger partial charge in [-0.15, -0.1) is 0 Å². The van der Waals surface area contributed by atoms with Gasteiger partial charge in [-0.25, -0.2) is 8.42 Å². The number of hydrogen-bond donors (Lipinski definition) is 1. The van der Waals surface area contributed by atoms with E-state index in [0.29, 0.717) is 11.5 Å². The highest BCUT2D eigenvalue weighted by Crippen LogP contribution is 2.33. The molecule has 0 aliphatic carbocycles. The first-order valence-electron chi connectivity index (χ1n) is 7.61. The Kier molecular flexibility index (Phi) is 6.80. The number of amides is 1. The smallest absolute Gasteiger partial charge is 0.245 e. The van der Waals surface area contributed by atoms with Crippen molar-refractivity contribution in [2.45, 2.75) is 0 Å². The molecule has 0 saturated heterocycles. The Morgan fingerprint density at radius 3 is 2.37 bits per heavy atom. The quantitative estimate of drug-likeness (QED) is 0.724. The average Bonchev–Trinajstić information content (AvgIpc) is 2.62. The number of methoxy groups -OCH3 is 2. The van der Waals surface area contributed by atoms with Crippen LogP contribution in [0.5, 0.6) is 11.5 Å². The molecule has 0 saturated carbocycles. The lowest BCUT2D eigenvalue weighted by Crippen LogP contribution is -2.37. The van der Waals surface area contributed by atoms with Crippen LogP contribution in [0.1, 0.15) is 0 Å². The molecule has 0 unspecified atom stereocenters. The Balaban J connectivity index is 2.30. The zero-order valence-corrected chi connectivity index (χ0v) is 17.2. The van der Waals surface area contributed by atoms with Crippen LogP contribution in [0.3, 0.4) is 0 Å². The monoisotopic (exact) mass is 432 g/mol. The van der Waals surface area contributed by atoms with Crippen LogP contribution in [0.2, 0.25) is 10.0 Å². The average molecular weight is 433 g/mol. The van der Waals surface area contributed by atoms with E-state index in [1.165, 1.54) is 26.4 Å². The zero-order chi connectivity index (χ0) is 20.2. The summed E-state index contributed by atoms with van der Waals surface area (Å²) in [5.41, 5.74) is 0.539. The first-order chi connectivity index (χ1) is 12.7. The molecule has 0 aliphatic heterocycles. The molecule has 1 N–H and O–H groups in total. The Labute approximate surface area is 167 Å². The number of hydrogen-bond acceptors (Lipinski definition) is 5. The van der Waals surface area contributed by atoms with Gasteiger partial charge >= 0.3 is 0 Å². The fraction of sp³-hybridized carbons (Fsp3) is 0.235. The third-order valence-corrected chi connectivity index (χ3v) is 5.53. The van der Waals surface area contributed by atoms with Crippen LogP contribution >= 0.6 is 23.2 Å². The highest BCUT2D eigenvalue weighted by Gasteiger charge is 2.23. The number of rotatable bonds is 7. The third-order valence-electron chi connectivity index (χ3n) is 3.57. The highest BCUT2D eigenvalue weighted by molar-refractivity contribution is 7.92. The van der Waals surface area contributed by atoms with Gasteiger partial charge in [-0.3, -0.25) is 9.10 Å². The van der Waals surface area contributed by atoms with Crippen LogP contribution in [-0.2, 0) is 14.8 Å². The number of sulfonamides is 1. The SMILES string of the molecule is COc1ccc(N(CC(=O)Nc2cccc(Cl)c2Cl)S(C)(=O)=O)cc1OC. The molecule has 2 aromatic rings. The molecule has 0 atom stereocenters. The lowest BCUT2D eigenvalue weighted by Gasteiger charge is -2.23. The van der Waals surface area contributed by atoms with E-state index in [1.54, 1.807) is 24.3 Å². The molecule has 0 fully saturated rings. The second kappa shape index (κ2) is 8.69. The largest absolute Gasteiger partial charge is 0.493 e. The second-order valence-electron chi connectivity index (χ2n) is 5.46. The zero-order valence-electron chi connectivity index (χ0n) is 14.8. The molecule has 27 heavy (non-hydrogen) atoms. The summed E-state index contributed by atoms with van der Waals surface area (Å²) >= 11 is 12.0. The number of ether oxygens (including phenoxy) is 2. The summed E-state index contributed by atoms with van der Waals surface area (Å²) in [4.78, 5) is 12.4. The molecule has 2 rings (SSSR count). The van der Waals surface area contributed by atoms with Crippen molar-refractivity contribution in [1.82, 2.24) is 0 Å². The van der Waals surface area contributed by atoms with Crippen molar-refractivity contribution in [2.24, 2.45) is 0 Å². The van der Waals surface area contributed by atoms with E-state index >= 15 is 0 Å². The van der Waals surface area contributed by atoms with E-state index in [0.717, 1.165) is 10.6 Å². The summed E-state index contributed by atoms with van der Waals surface area (Å²) in [5, 5.41) is 3.00. The molecule has 0 spiro atoms. The fourth-order valence-electron chi connectivity index (χ4n) is 2.30. The van der Waals surface area contributed by atoms with Crippen molar-refractivity contribution < 1.29 is 22.7 Å². The van der Waals surface area contributed by atoms with Crippen LogP contribution in [0, 0.1) is 0 Å². The van der Waals surface area contributed by atoms with Crippen LogP contribution in [-0.4, -0.2) is 41.3 Å². The third kappa shape index (κ3) is 5.18. The molecule has 0 aliphatic rings. The molecule has 1 amide bonds. The highest BCUT2D eigenvalue weighted by atomic mass is 35.5. The molecule has 2 aromatic carbocycles. The van der Waals surface area contributed by atoms with E-state index in [1.807, 2.05) is 0 Å². The summed E-state index contributed by atoms with van der Waals surface area (Å²) < 4.78 is 35.7. The summed E-state index contributed by atoms with van der Waals surface area (Å²) in [7, 11) is -0.854. The van der Waals surface area contributed by atoms with Crippen LogP contribution < -0.4 is 19.1 Å². The van der Waals surface area contributed by atoms with Gasteiger partial charge < -0.3 is 14.8 Å². The van der Waals surface area contributed by atoms with E-state index in [4.69, 9.17) is 32.7 Å². The molecular formula is C17H18Cl2N2O5S. The van der Waals surface area contributed by atoms with E-state index in [9.17, 15) is 13.2 Å². The Morgan fingerprint density at radius 2 is 1.78 bits per heavy atom. The molecular weight excluding hydrogens is 415 g/mol. The summed E-state index contributed by atoms with van der Waals surface area (Å²) in [6.07, 6.45) is 1.00. The fourth-order valence-corrected chi connectivity index (χ4v) is 3.50. The van der Waals surface area contributed by atoms with Gasteiger partial charge in [0.15, 0.2) is 11.5 Å². The minimum Gasteiger partial charge on any atom is -0.493 e. The molecule has 146 valence electrons. The number of benzene rings is 2. The predicted octanol–water partition coefficient (Wildman–Crippen LogP) is 3.42. The topological polar surface area (TPSA) is 84.9 Å². The number of nitrogens with zero attached hydrogens (tertiary/aromatic N) is 1. The molecule has 0 radical (unpaired) electrons. The normalized spacial score (nSPS) is 11.0. The van der Waals surface area contributed by atoms with Crippen molar-refractivity contribution in [3.63, 3.8) is 0 Å². The lowest BCUT2D eigenvalue weighted by molar-refractivity contribution is -0.114. The number of anilines is 2. The van der Waals surface area contributed by atoms with Gasteiger partial charge in [-0.05, 0) is 24.3 Å². The maximum atomic E-state index is 12.4. The Morgan fingerprint density at radius 1 is 1.11 bits per heavy atom. The Hall–Kier alpha value is -2.16. The van der Waals surface area contributed by atoms with Crippen molar-refractivity contribution in [2.75, 3.05) is 36.6 Å². The molecule has 0 aromatic heterocycles. The van der Waals surface area contributed by atoms with Gasteiger partial charge in [0, 0.05) is 6.07 Å². The van der Waals surface area contributed by atoms with Crippen LogP contribution in [0.4, 0.5) is 11.4 Å². The van der Waals surface area contributed by atoms with Gasteiger partial charge in [-0.2, -0.15) is 0 Å². The van der Waals surface area contributed by atoms with Crippen LogP contribution in [0.25, 0.3) is 0 Å². The maximum Gasteiger partial charge on any atom is 0.245 e. The molecule has 7 nitrogen and oxygen atoms in total. The molecule has 0 heterocycles. The van der Waals surface area contributed by atoms with Gasteiger partial charge in [0.05, 0.1) is 41.9 Å². The van der Waals surface area contributed by atoms with Gasteiger partial charge in [0.25, 0.3) is 0 Å². The number of carbonyl (C=O) groups excluding carboxylic acids is 1. The van der Waals surface area contributed by atoms with Gasteiger partial charge in [0.1, 0.15) is 6.54 Å². The number of nitrogens with one attached hydrogen (secondary N) is 1. The van der Waals surface area contributed by atoms with E-state index in [-0.39, 0.29) is 21.4 Å². The van der Waals surface area contributed by atoms with Gasteiger partial charge in [-0.1, -0.05) is 29.3 Å². The van der Waals surface area contributed by atoms with Crippen molar-refractivity contribution in [3.8, 4) is 11.5 Å². The van der Waals surface area contributed by atoms with Gasteiger partial charge in [0.2, 0.25) is 15.9 Å². The predicted molar refractivity (Wildman–Crippen MR) is 107 cm³/mol. The summed E-state index contributed by atoms with van der Waals surface area (Å²) in [6, 6.07) is 9.30. The van der Waals surface area contributed by atoms with Crippen molar-refractivity contribution in [1.29, 1.82) is 0 Å². The lowest BCUT2D eigenvalue weighted by atomic mass is 10.2. The Bertz CT molecular complexity index is 950. The summed E-state index contributed by atoms with van der Waals surface area (Å²) in [5.74, 6) is 0.186. The van der Waals surface area contributed by atoms with Crippen LogP contribution in [0.15, 0.2) is 36.4 Å². The minimum absolute atomic E-state index is 0.171. The minimum atomic E-state index is -3.75. The maximum absolute atomic E-state index is 12.4.